The van der Waals surface area contributed by atoms with E-state index >= 15 is 0 Å². The van der Waals surface area contributed by atoms with Gasteiger partial charge in [-0.3, -0.25) is 9.59 Å². The number of hydrogen-bond acceptors (Lipinski definition) is 7. The van der Waals surface area contributed by atoms with E-state index in [9.17, 15) is 19.2 Å². The summed E-state index contributed by atoms with van der Waals surface area (Å²) in [5.74, 6) is -1.40. The summed E-state index contributed by atoms with van der Waals surface area (Å²) in [7, 11) is 0. The van der Waals surface area contributed by atoms with Crippen molar-refractivity contribution in [3.8, 4) is 0 Å². The summed E-state index contributed by atoms with van der Waals surface area (Å²) in [6.45, 7) is 7.68. The Labute approximate surface area is 227 Å². The zero-order valence-corrected chi connectivity index (χ0v) is 22.6. The second-order valence-electron chi connectivity index (χ2n) is 9.56. The number of rotatable bonds is 12. The highest BCUT2D eigenvalue weighted by Gasteiger charge is 2.23. The Kier molecular flexibility index (Phi) is 10.4. The number of hydrogen-bond donors (Lipinski definition) is 3. The average molecular weight is 535 g/mol. The summed E-state index contributed by atoms with van der Waals surface area (Å²) in [4.78, 5) is 48.7. The number of ketones is 1. The Morgan fingerprint density at radius 1 is 0.974 bits per heavy atom. The van der Waals surface area contributed by atoms with Gasteiger partial charge in [0, 0.05) is 17.4 Å². The van der Waals surface area contributed by atoms with E-state index in [1.165, 1.54) is 0 Å². The highest BCUT2D eigenvalue weighted by Crippen LogP contribution is 2.22. The summed E-state index contributed by atoms with van der Waals surface area (Å²) in [5.41, 5.74) is 3.51. The first kappa shape index (κ1) is 29.1. The molecule has 2 aromatic carbocycles. The van der Waals surface area contributed by atoms with Crippen LogP contribution in [0.25, 0.3) is 0 Å². The van der Waals surface area contributed by atoms with Crippen LogP contribution in [-0.4, -0.2) is 35.5 Å². The number of Topliss-reactive ketones (excluding diaryl/α,β-unsaturated/α-hetero) is 1. The van der Waals surface area contributed by atoms with Gasteiger partial charge in [-0.2, -0.15) is 0 Å². The number of carbonyl (C=O) groups is 4. The van der Waals surface area contributed by atoms with Crippen LogP contribution in [0.1, 0.15) is 55.8 Å². The molecule has 0 bridgehead atoms. The number of anilines is 2. The van der Waals surface area contributed by atoms with E-state index in [2.05, 4.69) is 21.1 Å². The van der Waals surface area contributed by atoms with Crippen LogP contribution >= 0.6 is 0 Å². The maximum atomic E-state index is 12.9. The SMILES string of the molecule is CCOC(=O)C(=O)Cc1cc(C(CC(C)C)NC(=O)Cc2ccc(NC(=O)Nc3ccccc3C)cc2)no1. The predicted octanol–water partition coefficient (Wildman–Crippen LogP) is 4.75. The molecule has 10 nitrogen and oxygen atoms in total. The van der Waals surface area contributed by atoms with Gasteiger partial charge >= 0.3 is 12.0 Å². The molecule has 3 aromatic rings. The number of para-hydroxylation sites is 1. The summed E-state index contributed by atoms with van der Waals surface area (Å²) in [6, 6.07) is 15.3. The van der Waals surface area contributed by atoms with Crippen LogP contribution in [0.2, 0.25) is 0 Å². The van der Waals surface area contributed by atoms with Crippen molar-refractivity contribution in [1.82, 2.24) is 10.5 Å². The molecular weight excluding hydrogens is 500 g/mol. The van der Waals surface area contributed by atoms with Crippen LogP contribution in [0.4, 0.5) is 16.2 Å². The second-order valence-corrected chi connectivity index (χ2v) is 9.56. The minimum atomic E-state index is -0.921. The van der Waals surface area contributed by atoms with Crippen LogP contribution in [-0.2, 0) is 32.0 Å². The van der Waals surface area contributed by atoms with E-state index in [1.54, 1.807) is 37.3 Å². The number of nitrogens with zero attached hydrogens (tertiary/aromatic N) is 1. The molecule has 1 atom stereocenters. The molecule has 3 N–H and O–H groups in total. The standard InChI is InChI=1S/C29H34N4O6/c1-5-38-28(36)26(34)17-22-16-25(33-39-22)24(14-18(2)3)31-27(35)15-20-10-12-21(13-11-20)30-29(37)32-23-9-7-6-8-19(23)4/h6-13,16,18,24H,5,14-15,17H2,1-4H3,(H,31,35)(H2,30,32,37). The molecule has 0 spiro atoms. The number of urea groups is 1. The van der Waals surface area contributed by atoms with Gasteiger partial charge in [0.25, 0.3) is 0 Å². The Bertz CT molecular complexity index is 1300. The average Bonchev–Trinajstić information content (AvgIpc) is 3.34. The first-order valence-corrected chi connectivity index (χ1v) is 12.8. The molecule has 10 heteroatoms. The van der Waals surface area contributed by atoms with Gasteiger partial charge in [-0.25, -0.2) is 9.59 Å². The largest absolute Gasteiger partial charge is 0.460 e. The summed E-state index contributed by atoms with van der Waals surface area (Å²) >= 11 is 0. The fourth-order valence-electron chi connectivity index (χ4n) is 3.88. The van der Waals surface area contributed by atoms with Crippen molar-refractivity contribution in [2.45, 2.75) is 53.0 Å². The monoisotopic (exact) mass is 534 g/mol. The minimum Gasteiger partial charge on any atom is -0.460 e. The van der Waals surface area contributed by atoms with Crippen LogP contribution in [0.3, 0.4) is 0 Å². The van der Waals surface area contributed by atoms with Crippen molar-refractivity contribution in [3.63, 3.8) is 0 Å². The van der Waals surface area contributed by atoms with Gasteiger partial charge in [-0.15, -0.1) is 0 Å². The molecular formula is C29H34N4O6. The fourth-order valence-corrected chi connectivity index (χ4v) is 3.88. The summed E-state index contributed by atoms with van der Waals surface area (Å²) < 4.78 is 9.96. The van der Waals surface area contributed by atoms with Crippen molar-refractivity contribution in [2.24, 2.45) is 5.92 Å². The summed E-state index contributed by atoms with van der Waals surface area (Å²) in [5, 5.41) is 12.6. The Hall–Kier alpha value is -4.47. The molecule has 3 amide bonds. The van der Waals surface area contributed by atoms with Crippen molar-refractivity contribution in [3.05, 3.63) is 77.2 Å². The lowest BCUT2D eigenvalue weighted by molar-refractivity contribution is -0.153. The van der Waals surface area contributed by atoms with E-state index in [0.717, 1.165) is 16.8 Å². The maximum Gasteiger partial charge on any atom is 0.375 e. The molecule has 1 unspecified atom stereocenters. The quantitative estimate of drug-likeness (QED) is 0.225. The first-order chi connectivity index (χ1) is 18.6. The Morgan fingerprint density at radius 2 is 1.69 bits per heavy atom. The third-order valence-electron chi connectivity index (χ3n) is 5.78. The van der Waals surface area contributed by atoms with Gasteiger partial charge in [0.2, 0.25) is 11.7 Å². The number of amides is 3. The number of benzene rings is 2. The van der Waals surface area contributed by atoms with Gasteiger partial charge in [0.1, 0.15) is 11.5 Å². The van der Waals surface area contributed by atoms with Crippen LogP contribution in [0.5, 0.6) is 0 Å². The molecule has 0 fully saturated rings. The molecule has 0 aliphatic carbocycles. The van der Waals surface area contributed by atoms with Crippen LogP contribution in [0, 0.1) is 12.8 Å². The number of ether oxygens (including phenoxy) is 1. The van der Waals surface area contributed by atoms with Gasteiger partial charge in [-0.1, -0.05) is 49.3 Å². The van der Waals surface area contributed by atoms with E-state index < -0.39 is 17.8 Å². The number of aryl methyl sites for hydroxylation is 1. The van der Waals surface area contributed by atoms with E-state index in [1.807, 2.05) is 45.0 Å². The molecule has 1 heterocycles. The van der Waals surface area contributed by atoms with Crippen molar-refractivity contribution >= 4 is 35.1 Å². The molecule has 3 rings (SSSR count). The molecule has 0 radical (unpaired) electrons. The van der Waals surface area contributed by atoms with E-state index in [-0.39, 0.29) is 43.1 Å². The molecule has 0 aliphatic heterocycles. The van der Waals surface area contributed by atoms with Gasteiger partial charge < -0.3 is 25.2 Å². The topological polar surface area (TPSA) is 140 Å². The third kappa shape index (κ3) is 9.10. The molecule has 206 valence electrons. The number of esters is 1. The van der Waals surface area contributed by atoms with Crippen LogP contribution < -0.4 is 16.0 Å². The molecule has 0 aliphatic rings. The first-order valence-electron chi connectivity index (χ1n) is 12.8. The zero-order valence-electron chi connectivity index (χ0n) is 22.6. The summed E-state index contributed by atoms with van der Waals surface area (Å²) in [6.07, 6.45) is 0.455. The minimum absolute atomic E-state index is 0.108. The van der Waals surface area contributed by atoms with Crippen molar-refractivity contribution < 1.29 is 28.4 Å². The number of carbonyl (C=O) groups excluding carboxylic acids is 4. The second kappa shape index (κ2) is 13.9. The Balaban J connectivity index is 1.57. The molecule has 39 heavy (non-hydrogen) atoms. The van der Waals surface area contributed by atoms with E-state index in [4.69, 9.17) is 9.26 Å². The van der Waals surface area contributed by atoms with Gasteiger partial charge in [-0.05, 0) is 55.5 Å². The normalized spacial score (nSPS) is 11.5. The zero-order chi connectivity index (χ0) is 28.4. The lowest BCUT2D eigenvalue weighted by Crippen LogP contribution is -2.31. The smallest absolute Gasteiger partial charge is 0.375 e. The molecule has 1 aromatic heterocycles. The number of aromatic nitrogens is 1. The van der Waals surface area contributed by atoms with Crippen LogP contribution in [0.15, 0.2) is 59.1 Å². The van der Waals surface area contributed by atoms with Crippen molar-refractivity contribution in [2.75, 3.05) is 17.2 Å². The van der Waals surface area contributed by atoms with Crippen molar-refractivity contribution in [1.29, 1.82) is 0 Å². The molecule has 0 saturated carbocycles. The Morgan fingerprint density at radius 3 is 2.36 bits per heavy atom. The maximum absolute atomic E-state index is 12.9. The lowest BCUT2D eigenvalue weighted by atomic mass is 10.00. The fraction of sp³-hybridized carbons (Fsp3) is 0.345. The predicted molar refractivity (Wildman–Crippen MR) is 146 cm³/mol. The lowest BCUT2D eigenvalue weighted by Gasteiger charge is -2.18. The van der Waals surface area contributed by atoms with Gasteiger partial charge in [0.05, 0.1) is 25.5 Å². The highest BCUT2D eigenvalue weighted by atomic mass is 16.5. The number of nitrogens with one attached hydrogen (secondary N) is 3. The third-order valence-corrected chi connectivity index (χ3v) is 5.78. The molecule has 0 saturated heterocycles. The van der Waals surface area contributed by atoms with Gasteiger partial charge in [0.15, 0.2) is 0 Å². The van der Waals surface area contributed by atoms with E-state index in [0.29, 0.717) is 17.8 Å². The highest BCUT2D eigenvalue weighted by molar-refractivity contribution is 6.34.